The largest absolute Gasteiger partial charge is 0.308 e. The molecule has 0 N–H and O–H groups in total. The second kappa shape index (κ2) is 13.2. The molecule has 262 valence electrons. The first kappa shape index (κ1) is 32.8. The van der Waals surface area contributed by atoms with Gasteiger partial charge in [-0.3, -0.25) is 9.59 Å². The molecule has 56 heavy (non-hydrogen) atoms. The summed E-state index contributed by atoms with van der Waals surface area (Å²) in [7, 11) is 0. The lowest BCUT2D eigenvalue weighted by atomic mass is 9.90. The maximum absolute atomic E-state index is 15.3. The number of hydrogen-bond donors (Lipinski definition) is 0. The number of benzene rings is 8. The van der Waals surface area contributed by atoms with E-state index in [-0.39, 0.29) is 11.8 Å². The number of carbonyl (C=O) groups is 2. The molecule has 9 aromatic rings. The van der Waals surface area contributed by atoms with Crippen LogP contribution in [0.4, 0.5) is 5.69 Å². The van der Waals surface area contributed by atoms with Crippen LogP contribution >= 0.6 is 0 Å². The minimum atomic E-state index is -0.377. The SMILES string of the molecule is N#Cc1cccc(-c2ccc3c(c2)c2ccccc2n3-c2cccc3c2C(=O)N(c2c(-c4ccccc4)cc(-c4ccccc4)cc2-c2ccccc2)C3=O)c1. The molecule has 5 heteroatoms. The molecular formula is C51H31N3O2. The third-order valence-corrected chi connectivity index (χ3v) is 10.7. The van der Waals surface area contributed by atoms with E-state index < -0.39 is 0 Å². The van der Waals surface area contributed by atoms with Gasteiger partial charge in [0.15, 0.2) is 0 Å². The van der Waals surface area contributed by atoms with E-state index in [1.165, 1.54) is 4.90 Å². The molecule has 1 aliphatic heterocycles. The first-order chi connectivity index (χ1) is 27.6. The van der Waals surface area contributed by atoms with Crippen molar-refractivity contribution in [2.45, 2.75) is 0 Å². The van der Waals surface area contributed by atoms with Crippen LogP contribution in [-0.4, -0.2) is 16.4 Å². The normalized spacial score (nSPS) is 12.3. The molecule has 0 spiro atoms. The van der Waals surface area contributed by atoms with Crippen LogP contribution in [0, 0.1) is 11.3 Å². The lowest BCUT2D eigenvalue weighted by Crippen LogP contribution is -2.30. The van der Waals surface area contributed by atoms with Crippen molar-refractivity contribution in [2.24, 2.45) is 0 Å². The van der Waals surface area contributed by atoms with E-state index in [2.05, 4.69) is 53.1 Å². The van der Waals surface area contributed by atoms with Gasteiger partial charge >= 0.3 is 0 Å². The van der Waals surface area contributed by atoms with Gasteiger partial charge < -0.3 is 4.57 Å². The van der Waals surface area contributed by atoms with E-state index in [0.29, 0.717) is 28.1 Å². The first-order valence-electron chi connectivity index (χ1n) is 18.5. The summed E-state index contributed by atoms with van der Waals surface area (Å²) in [5, 5.41) is 11.6. The third-order valence-electron chi connectivity index (χ3n) is 10.7. The number of hydrogen-bond acceptors (Lipinski definition) is 3. The average molecular weight is 718 g/mol. The molecule has 0 atom stereocenters. The minimum absolute atomic E-state index is 0.355. The smallest absolute Gasteiger partial charge is 0.268 e. The van der Waals surface area contributed by atoms with Crippen LogP contribution in [0.2, 0.25) is 0 Å². The number of rotatable bonds is 6. The number of carbonyl (C=O) groups excluding carboxylic acids is 2. The number of fused-ring (bicyclic) bond motifs is 4. The highest BCUT2D eigenvalue weighted by molar-refractivity contribution is 6.37. The molecule has 8 aromatic carbocycles. The molecule has 0 bridgehead atoms. The standard InChI is InChI=1S/C51H31N3O2/c52-32-33-14-12-21-37(28-33)38-26-27-46-44(29-38)40-22-10-11-24-45(40)53(46)47-25-13-23-41-48(47)51(56)54(50(41)55)49-42(35-17-6-2-7-18-35)30-39(34-15-4-1-5-16-34)31-43(49)36-19-8-3-9-20-36/h1-31H. The van der Waals surface area contributed by atoms with Crippen molar-refractivity contribution in [3.63, 3.8) is 0 Å². The Hall–Kier alpha value is -7.81. The number of aromatic nitrogens is 1. The molecule has 2 amide bonds. The fraction of sp³-hybridized carbons (Fsp3) is 0. The molecule has 1 aliphatic rings. The number of para-hydroxylation sites is 1. The van der Waals surface area contributed by atoms with E-state index in [4.69, 9.17) is 0 Å². The first-order valence-corrected chi connectivity index (χ1v) is 18.5. The fourth-order valence-electron chi connectivity index (χ4n) is 8.19. The molecule has 0 aliphatic carbocycles. The highest BCUT2D eigenvalue weighted by Gasteiger charge is 2.41. The summed E-state index contributed by atoms with van der Waals surface area (Å²) in [6.45, 7) is 0. The number of imide groups is 1. The molecule has 5 nitrogen and oxygen atoms in total. The van der Waals surface area contributed by atoms with Crippen molar-refractivity contribution >= 4 is 39.3 Å². The average Bonchev–Trinajstić information content (AvgIpc) is 3.73. The quantitative estimate of drug-likeness (QED) is 0.161. The number of amides is 2. The maximum Gasteiger partial charge on any atom is 0.268 e. The van der Waals surface area contributed by atoms with E-state index in [0.717, 1.165) is 66.3 Å². The third kappa shape index (κ3) is 5.24. The van der Waals surface area contributed by atoms with Crippen molar-refractivity contribution in [1.29, 1.82) is 5.26 Å². The zero-order chi connectivity index (χ0) is 37.8. The Morgan fingerprint density at radius 3 is 1.66 bits per heavy atom. The predicted octanol–water partition coefficient (Wildman–Crippen LogP) is 12.1. The van der Waals surface area contributed by atoms with E-state index in [1.807, 2.05) is 133 Å². The fourth-order valence-corrected chi connectivity index (χ4v) is 8.19. The van der Waals surface area contributed by atoms with Crippen LogP contribution in [0.3, 0.4) is 0 Å². The Kier molecular flexibility index (Phi) is 7.76. The number of anilines is 1. The molecule has 0 saturated heterocycles. The molecule has 0 saturated carbocycles. The second-order valence-electron chi connectivity index (χ2n) is 13.9. The highest BCUT2D eigenvalue weighted by atomic mass is 16.2. The van der Waals surface area contributed by atoms with Crippen LogP contribution in [0.1, 0.15) is 26.3 Å². The van der Waals surface area contributed by atoms with Crippen molar-refractivity contribution in [1.82, 2.24) is 4.57 Å². The van der Waals surface area contributed by atoms with Gasteiger partial charge in [0.2, 0.25) is 0 Å². The monoisotopic (exact) mass is 717 g/mol. The molecule has 1 aromatic heterocycles. The van der Waals surface area contributed by atoms with Crippen molar-refractivity contribution < 1.29 is 9.59 Å². The summed E-state index contributed by atoms with van der Waals surface area (Å²) < 4.78 is 2.10. The van der Waals surface area contributed by atoms with Gasteiger partial charge in [-0.05, 0) is 88.0 Å². The predicted molar refractivity (Wildman–Crippen MR) is 225 cm³/mol. The van der Waals surface area contributed by atoms with Crippen LogP contribution in [0.5, 0.6) is 0 Å². The second-order valence-corrected chi connectivity index (χ2v) is 13.9. The van der Waals surface area contributed by atoms with Crippen LogP contribution in [-0.2, 0) is 0 Å². The van der Waals surface area contributed by atoms with Crippen molar-refractivity contribution in [3.8, 4) is 56.3 Å². The molecule has 2 heterocycles. The summed E-state index contributed by atoms with van der Waals surface area (Å²) in [5.41, 5.74) is 11.6. The van der Waals surface area contributed by atoms with E-state index >= 15 is 4.79 Å². The lowest BCUT2D eigenvalue weighted by molar-refractivity contribution is 0.0926. The molecule has 0 radical (unpaired) electrons. The van der Waals surface area contributed by atoms with E-state index in [9.17, 15) is 10.1 Å². The number of nitrogens with zero attached hydrogens (tertiary/aromatic N) is 3. The van der Waals surface area contributed by atoms with Gasteiger partial charge in [0.1, 0.15) is 0 Å². The van der Waals surface area contributed by atoms with Gasteiger partial charge in [0.25, 0.3) is 11.8 Å². The van der Waals surface area contributed by atoms with Gasteiger partial charge in [-0.1, -0.05) is 133 Å². The Balaban J connectivity index is 1.20. The summed E-state index contributed by atoms with van der Waals surface area (Å²) in [6, 6.07) is 64.0. The Bertz CT molecular complexity index is 3010. The molecule has 10 rings (SSSR count). The number of nitriles is 1. The zero-order valence-electron chi connectivity index (χ0n) is 30.1. The van der Waals surface area contributed by atoms with Gasteiger partial charge in [0, 0.05) is 21.9 Å². The van der Waals surface area contributed by atoms with Gasteiger partial charge in [-0.2, -0.15) is 5.26 Å². The van der Waals surface area contributed by atoms with Crippen molar-refractivity contribution in [2.75, 3.05) is 4.90 Å². The minimum Gasteiger partial charge on any atom is -0.308 e. The Morgan fingerprint density at radius 1 is 0.411 bits per heavy atom. The van der Waals surface area contributed by atoms with Crippen LogP contribution < -0.4 is 4.90 Å². The van der Waals surface area contributed by atoms with Gasteiger partial charge in [-0.25, -0.2) is 4.90 Å². The van der Waals surface area contributed by atoms with E-state index in [1.54, 1.807) is 12.1 Å². The Labute approximate surface area is 323 Å². The van der Waals surface area contributed by atoms with Crippen LogP contribution in [0.25, 0.3) is 72.0 Å². The highest BCUT2D eigenvalue weighted by Crippen LogP contribution is 2.47. The molecule has 0 fully saturated rings. The lowest BCUT2D eigenvalue weighted by Gasteiger charge is -2.24. The molecule has 0 unspecified atom stereocenters. The van der Waals surface area contributed by atoms with Crippen molar-refractivity contribution in [3.05, 3.63) is 205 Å². The summed E-state index contributed by atoms with van der Waals surface area (Å²) in [6.07, 6.45) is 0. The van der Waals surface area contributed by atoms with Crippen LogP contribution in [0.15, 0.2) is 188 Å². The summed E-state index contributed by atoms with van der Waals surface area (Å²) in [5.74, 6) is -0.743. The van der Waals surface area contributed by atoms with Gasteiger partial charge in [0.05, 0.1) is 45.2 Å². The Morgan fingerprint density at radius 2 is 0.982 bits per heavy atom. The maximum atomic E-state index is 15.3. The topological polar surface area (TPSA) is 66.1 Å². The summed E-state index contributed by atoms with van der Waals surface area (Å²) >= 11 is 0. The zero-order valence-corrected chi connectivity index (χ0v) is 30.1. The summed E-state index contributed by atoms with van der Waals surface area (Å²) in [4.78, 5) is 31.6. The van der Waals surface area contributed by atoms with Gasteiger partial charge in [-0.15, -0.1) is 0 Å². The molecular weight excluding hydrogens is 687 g/mol.